The van der Waals surface area contributed by atoms with Gasteiger partial charge in [0.1, 0.15) is 0 Å². The second-order valence-corrected chi connectivity index (χ2v) is 14.7. The predicted molar refractivity (Wildman–Crippen MR) is 105 cm³/mol. The number of halogens is 1. The quantitative estimate of drug-likeness (QED) is 0.576. The monoisotopic (exact) mass is 370 g/mol. The molecule has 0 amide bonds. The third kappa shape index (κ3) is 2.24. The van der Waals surface area contributed by atoms with E-state index >= 15 is 0 Å². The summed E-state index contributed by atoms with van der Waals surface area (Å²) < 4.78 is 0. The van der Waals surface area contributed by atoms with Gasteiger partial charge in [-0.25, -0.2) is 0 Å². The van der Waals surface area contributed by atoms with Crippen molar-refractivity contribution in [3.8, 4) is 0 Å². The first-order chi connectivity index (χ1) is 10.7. The molecule has 0 radical (unpaired) electrons. The summed E-state index contributed by atoms with van der Waals surface area (Å²) in [4.78, 5) is 0. The molecular weight excluding hydrogens is 351 g/mol. The Hall–Kier alpha value is -1.43. The van der Waals surface area contributed by atoms with E-state index in [-0.39, 0.29) is 0 Å². The Morgan fingerprint density at radius 3 is 1.09 bits per heavy atom. The van der Waals surface area contributed by atoms with Crippen LogP contribution in [-0.2, 0) is 0 Å². The third-order valence-corrected chi connectivity index (χ3v) is 15.0. The van der Waals surface area contributed by atoms with E-state index in [9.17, 15) is 0 Å². The van der Waals surface area contributed by atoms with E-state index in [0.29, 0.717) is 0 Å². The van der Waals surface area contributed by atoms with Crippen molar-refractivity contribution in [1.82, 2.24) is 0 Å². The molecule has 3 aromatic carbocycles. The summed E-state index contributed by atoms with van der Waals surface area (Å²) in [6.07, 6.45) is 1.05. The van der Waals surface area contributed by atoms with Crippen molar-refractivity contribution >= 4 is 36.7 Å². The molecule has 0 aliphatic rings. The van der Waals surface area contributed by atoms with Gasteiger partial charge in [-0.3, -0.25) is 0 Å². The summed E-state index contributed by atoms with van der Waals surface area (Å²) >= 11 is 4.35. The second kappa shape index (κ2) is 5.99. The fourth-order valence-electron chi connectivity index (χ4n) is 3.21. The van der Waals surface area contributed by atoms with E-state index in [2.05, 4.69) is 113 Å². The van der Waals surface area contributed by atoms with Crippen LogP contribution in [0.1, 0.15) is 6.92 Å². The van der Waals surface area contributed by atoms with E-state index in [1.165, 1.54) is 15.9 Å². The van der Waals surface area contributed by atoms with E-state index in [1.54, 1.807) is 0 Å². The summed E-state index contributed by atoms with van der Waals surface area (Å²) in [5, 5.41) is 1.56. The van der Waals surface area contributed by atoms with Gasteiger partial charge in [0.25, 0.3) is 0 Å². The van der Waals surface area contributed by atoms with Gasteiger partial charge in [0.05, 0.1) is 0 Å². The van der Waals surface area contributed by atoms with Gasteiger partial charge in [-0.2, -0.15) is 0 Å². The summed E-state index contributed by atoms with van der Waals surface area (Å²) in [6.45, 7) is 2.29. The summed E-state index contributed by atoms with van der Waals surface area (Å²) in [7, 11) is 0. The zero-order valence-corrected chi connectivity index (χ0v) is 15.2. The molecule has 0 atom stereocenters. The van der Waals surface area contributed by atoms with E-state index < -0.39 is 5.31 Å². The molecule has 0 unspecified atom stereocenters. The zero-order valence-electron chi connectivity index (χ0n) is 12.7. The Kier molecular flexibility index (Phi) is 4.21. The third-order valence-electron chi connectivity index (χ3n) is 4.48. The first-order valence-corrected chi connectivity index (χ1v) is 12.0. The predicted octanol–water partition coefficient (Wildman–Crippen LogP) is 4.85. The Labute approximate surface area is 140 Å². The van der Waals surface area contributed by atoms with Crippen LogP contribution in [0, 0.1) is 0 Å². The zero-order chi connectivity index (χ0) is 15.5. The maximum atomic E-state index is 4.35. The normalized spacial score (nSPS) is 13.3. The fraction of sp³-hybridized carbons (Fsp3) is 0.100. The van der Waals surface area contributed by atoms with E-state index in [0.717, 1.165) is 6.16 Å². The van der Waals surface area contributed by atoms with Crippen LogP contribution in [0.4, 0.5) is 0 Å². The Morgan fingerprint density at radius 1 is 0.591 bits per heavy atom. The molecule has 22 heavy (non-hydrogen) atoms. The molecule has 3 rings (SSSR count). The molecule has 2 heteroatoms. The van der Waals surface area contributed by atoms with Gasteiger partial charge in [-0.1, -0.05) is 0 Å². The van der Waals surface area contributed by atoms with Crippen LogP contribution in [-0.4, -0.2) is 6.16 Å². The Morgan fingerprint density at radius 2 is 0.864 bits per heavy atom. The van der Waals surface area contributed by atoms with Crippen LogP contribution in [0.2, 0.25) is 0 Å². The van der Waals surface area contributed by atoms with Gasteiger partial charge >= 0.3 is 141 Å². The van der Waals surface area contributed by atoms with Crippen LogP contribution in [0.15, 0.2) is 91.0 Å². The van der Waals surface area contributed by atoms with Gasteiger partial charge in [-0.05, 0) is 0 Å². The molecule has 0 aromatic heterocycles. The number of hydrogen-bond donors (Lipinski definition) is 0. The Bertz CT molecular complexity index is 639. The van der Waals surface area contributed by atoms with Crippen molar-refractivity contribution in [3.05, 3.63) is 91.0 Å². The molecule has 0 heterocycles. The van der Waals surface area contributed by atoms with Gasteiger partial charge in [0, 0.05) is 0 Å². The number of rotatable bonds is 4. The first kappa shape index (κ1) is 15.5. The first-order valence-electron chi connectivity index (χ1n) is 7.60. The molecule has 0 aliphatic heterocycles. The molecule has 0 aliphatic carbocycles. The number of benzene rings is 3. The molecule has 0 saturated carbocycles. The average Bonchev–Trinajstić information content (AvgIpc) is 2.63. The summed E-state index contributed by atoms with van der Waals surface area (Å²) in [6, 6.07) is 32.7. The minimum atomic E-state index is -2.59. The molecule has 112 valence electrons. The minimum absolute atomic E-state index is 1.05. The van der Waals surface area contributed by atoms with Crippen LogP contribution in [0.3, 0.4) is 0 Å². The second-order valence-electron chi connectivity index (χ2n) is 5.51. The molecular formula is C20H20BrP. The molecule has 0 spiro atoms. The van der Waals surface area contributed by atoms with Gasteiger partial charge in [-0.15, -0.1) is 0 Å². The van der Waals surface area contributed by atoms with Crippen molar-refractivity contribution in [1.29, 1.82) is 0 Å². The topological polar surface area (TPSA) is 0 Å². The molecule has 0 N–H and O–H groups in total. The average molecular weight is 371 g/mol. The van der Waals surface area contributed by atoms with Crippen LogP contribution < -0.4 is 15.9 Å². The fourth-order valence-corrected chi connectivity index (χ4v) is 9.71. The molecule has 0 bridgehead atoms. The van der Waals surface area contributed by atoms with E-state index in [1.807, 2.05) is 0 Å². The van der Waals surface area contributed by atoms with E-state index in [4.69, 9.17) is 0 Å². The van der Waals surface area contributed by atoms with Crippen LogP contribution in [0.25, 0.3) is 0 Å². The van der Waals surface area contributed by atoms with Crippen molar-refractivity contribution in [2.45, 2.75) is 6.92 Å². The summed E-state index contributed by atoms with van der Waals surface area (Å²) in [5.74, 6) is 0. The van der Waals surface area contributed by atoms with Crippen LogP contribution >= 0.6 is 20.8 Å². The molecule has 0 nitrogen and oxygen atoms in total. The standard InChI is InChI=1S/C20H20BrP/c1-2-22(21,18-12-6-3-7-13-18,19-14-8-4-9-15-19)20-16-10-5-11-17-20/h3-17H,2H2,1H3. The van der Waals surface area contributed by atoms with Gasteiger partial charge < -0.3 is 0 Å². The van der Waals surface area contributed by atoms with Gasteiger partial charge in [0.15, 0.2) is 0 Å². The maximum absolute atomic E-state index is 4.35. The van der Waals surface area contributed by atoms with Crippen molar-refractivity contribution in [2.75, 3.05) is 6.16 Å². The number of hydrogen-bond acceptors (Lipinski definition) is 0. The molecule has 0 fully saturated rings. The molecule has 3 aromatic rings. The van der Waals surface area contributed by atoms with Crippen molar-refractivity contribution < 1.29 is 0 Å². The summed E-state index contributed by atoms with van der Waals surface area (Å²) in [5.41, 5.74) is 0. The van der Waals surface area contributed by atoms with Crippen LogP contribution in [0.5, 0.6) is 0 Å². The van der Waals surface area contributed by atoms with Crippen molar-refractivity contribution in [3.63, 3.8) is 0 Å². The SMILES string of the molecule is CCP(Br)(c1ccccc1)(c1ccccc1)c1ccccc1. The van der Waals surface area contributed by atoms with Crippen molar-refractivity contribution in [2.24, 2.45) is 0 Å². The Balaban J connectivity index is 2.41. The van der Waals surface area contributed by atoms with Gasteiger partial charge in [0.2, 0.25) is 0 Å². The molecule has 0 saturated heterocycles.